The van der Waals surface area contributed by atoms with Gasteiger partial charge in [-0.3, -0.25) is 0 Å². The van der Waals surface area contributed by atoms with E-state index in [1.54, 1.807) is 7.11 Å². The largest absolute Gasteiger partial charge is 0.497 e. The lowest BCUT2D eigenvalue weighted by molar-refractivity contribution is 0.332. The highest BCUT2D eigenvalue weighted by molar-refractivity contribution is 5.28. The van der Waals surface area contributed by atoms with Crippen LogP contribution < -0.4 is 10.1 Å². The van der Waals surface area contributed by atoms with Crippen molar-refractivity contribution in [2.75, 3.05) is 40.3 Å². The lowest BCUT2D eigenvalue weighted by atomic mass is 10.1. The highest BCUT2D eigenvalue weighted by Gasteiger charge is 2.01. The summed E-state index contributed by atoms with van der Waals surface area (Å²) in [5.41, 5.74) is 1.33. The summed E-state index contributed by atoms with van der Waals surface area (Å²) in [4.78, 5) is 2.37. The van der Waals surface area contributed by atoms with E-state index in [-0.39, 0.29) is 0 Å². The van der Waals surface area contributed by atoms with Crippen LogP contribution in [0.25, 0.3) is 0 Å². The van der Waals surface area contributed by atoms with Crippen LogP contribution in [-0.2, 0) is 6.42 Å². The molecule has 1 N–H and O–H groups in total. The van der Waals surface area contributed by atoms with Gasteiger partial charge in [0.05, 0.1) is 7.11 Å². The highest BCUT2D eigenvalue weighted by Crippen LogP contribution is 2.12. The molecular weight excluding hydrogens is 236 g/mol. The third-order valence-corrected chi connectivity index (χ3v) is 3.14. The van der Waals surface area contributed by atoms with Crippen molar-refractivity contribution in [2.24, 2.45) is 5.92 Å². The number of nitrogens with zero attached hydrogens (tertiary/aromatic N) is 1. The molecule has 0 aliphatic carbocycles. The van der Waals surface area contributed by atoms with Crippen LogP contribution in [0.4, 0.5) is 0 Å². The molecule has 3 heteroatoms. The number of methoxy groups -OCH3 is 1. The van der Waals surface area contributed by atoms with Gasteiger partial charge in [0.2, 0.25) is 0 Å². The van der Waals surface area contributed by atoms with Crippen molar-refractivity contribution in [2.45, 2.75) is 20.3 Å². The van der Waals surface area contributed by atoms with E-state index in [1.807, 2.05) is 6.07 Å². The van der Waals surface area contributed by atoms with Crippen molar-refractivity contribution in [3.05, 3.63) is 29.8 Å². The summed E-state index contributed by atoms with van der Waals surface area (Å²) in [5, 5.41) is 3.47. The normalized spacial score (nSPS) is 11.3. The Bertz CT molecular complexity index is 352. The lowest BCUT2D eigenvalue weighted by Crippen LogP contribution is -2.32. The van der Waals surface area contributed by atoms with Gasteiger partial charge in [-0.15, -0.1) is 0 Å². The summed E-state index contributed by atoms with van der Waals surface area (Å²) in [5.74, 6) is 1.67. The summed E-state index contributed by atoms with van der Waals surface area (Å²) in [7, 11) is 3.89. The predicted molar refractivity (Wildman–Crippen MR) is 81.9 cm³/mol. The number of likely N-dealkylation sites (N-methyl/N-ethyl adjacent to an activating group) is 1. The number of hydrogen-bond acceptors (Lipinski definition) is 3. The molecule has 3 nitrogen and oxygen atoms in total. The molecule has 0 spiro atoms. The molecule has 0 radical (unpaired) electrons. The molecule has 0 saturated heterocycles. The first-order valence-corrected chi connectivity index (χ1v) is 7.14. The summed E-state index contributed by atoms with van der Waals surface area (Å²) in [6, 6.07) is 8.32. The van der Waals surface area contributed by atoms with Gasteiger partial charge in [-0.1, -0.05) is 26.0 Å². The maximum Gasteiger partial charge on any atom is 0.119 e. The summed E-state index contributed by atoms with van der Waals surface area (Å²) in [6.45, 7) is 8.81. The number of ether oxygens (including phenoxy) is 1. The molecule has 19 heavy (non-hydrogen) atoms. The Morgan fingerprint density at radius 2 is 2.05 bits per heavy atom. The first-order valence-electron chi connectivity index (χ1n) is 7.14. The minimum Gasteiger partial charge on any atom is -0.497 e. The van der Waals surface area contributed by atoms with Crippen LogP contribution in [0.15, 0.2) is 24.3 Å². The number of nitrogens with one attached hydrogen (secondary N) is 1. The van der Waals surface area contributed by atoms with Gasteiger partial charge in [0, 0.05) is 19.6 Å². The molecule has 0 aliphatic rings. The topological polar surface area (TPSA) is 24.5 Å². The van der Waals surface area contributed by atoms with Crippen molar-refractivity contribution in [1.82, 2.24) is 10.2 Å². The average molecular weight is 264 g/mol. The molecule has 0 heterocycles. The minimum absolute atomic E-state index is 0.724. The van der Waals surface area contributed by atoms with Crippen LogP contribution in [0.5, 0.6) is 5.75 Å². The van der Waals surface area contributed by atoms with Crippen molar-refractivity contribution in [3.8, 4) is 5.75 Å². The molecule has 1 rings (SSSR count). The zero-order valence-electron chi connectivity index (χ0n) is 12.8. The number of hydrogen-bond donors (Lipinski definition) is 1. The molecule has 0 unspecified atom stereocenters. The molecule has 108 valence electrons. The fraction of sp³-hybridized carbons (Fsp3) is 0.625. The Balaban J connectivity index is 2.20. The molecule has 0 aliphatic heterocycles. The van der Waals surface area contributed by atoms with E-state index in [0.717, 1.165) is 44.3 Å². The summed E-state index contributed by atoms with van der Waals surface area (Å²) >= 11 is 0. The molecule has 0 fully saturated rings. The van der Waals surface area contributed by atoms with Crippen LogP contribution >= 0.6 is 0 Å². The van der Waals surface area contributed by atoms with Crippen LogP contribution in [0.3, 0.4) is 0 Å². The Kier molecular flexibility index (Phi) is 7.53. The van der Waals surface area contributed by atoms with Gasteiger partial charge >= 0.3 is 0 Å². The first kappa shape index (κ1) is 16.0. The van der Waals surface area contributed by atoms with Crippen LogP contribution in [-0.4, -0.2) is 45.2 Å². The fourth-order valence-corrected chi connectivity index (χ4v) is 1.92. The van der Waals surface area contributed by atoms with Gasteiger partial charge in [0.15, 0.2) is 0 Å². The molecule has 1 aromatic rings. The van der Waals surface area contributed by atoms with Gasteiger partial charge in [-0.2, -0.15) is 0 Å². The summed E-state index contributed by atoms with van der Waals surface area (Å²) < 4.78 is 5.24. The van der Waals surface area contributed by atoms with Crippen molar-refractivity contribution < 1.29 is 4.74 Å². The standard InChI is InChI=1S/C16H28N2O/c1-14(2)13-17-9-11-18(3)10-8-15-6-5-7-16(12-15)19-4/h5-7,12,14,17H,8-11,13H2,1-4H3. The second-order valence-corrected chi connectivity index (χ2v) is 5.50. The summed E-state index contributed by atoms with van der Waals surface area (Å²) in [6.07, 6.45) is 1.07. The molecule has 0 bridgehead atoms. The van der Waals surface area contributed by atoms with Gasteiger partial charge < -0.3 is 15.0 Å². The maximum atomic E-state index is 5.24. The maximum absolute atomic E-state index is 5.24. The van der Waals surface area contributed by atoms with Crippen LogP contribution in [0.1, 0.15) is 19.4 Å². The van der Waals surface area contributed by atoms with E-state index >= 15 is 0 Å². The van der Waals surface area contributed by atoms with E-state index < -0.39 is 0 Å². The van der Waals surface area contributed by atoms with E-state index in [9.17, 15) is 0 Å². The zero-order valence-corrected chi connectivity index (χ0v) is 12.8. The van der Waals surface area contributed by atoms with Gasteiger partial charge in [-0.25, -0.2) is 0 Å². The SMILES string of the molecule is COc1cccc(CCN(C)CCNCC(C)C)c1. The Morgan fingerprint density at radius 1 is 1.26 bits per heavy atom. The Hall–Kier alpha value is -1.06. The molecule has 0 saturated carbocycles. The van der Waals surface area contributed by atoms with Gasteiger partial charge in [-0.05, 0) is 43.6 Å². The van der Waals surface area contributed by atoms with Gasteiger partial charge in [0.1, 0.15) is 5.75 Å². The smallest absolute Gasteiger partial charge is 0.119 e. The predicted octanol–water partition coefficient (Wildman–Crippen LogP) is 2.42. The molecule has 1 aromatic carbocycles. The lowest BCUT2D eigenvalue weighted by Gasteiger charge is -2.17. The molecule has 0 amide bonds. The second kappa shape index (κ2) is 8.94. The quantitative estimate of drug-likeness (QED) is 0.693. The monoisotopic (exact) mass is 264 g/mol. The second-order valence-electron chi connectivity index (χ2n) is 5.50. The van der Waals surface area contributed by atoms with E-state index in [0.29, 0.717) is 0 Å². The molecular formula is C16H28N2O. The third-order valence-electron chi connectivity index (χ3n) is 3.14. The highest BCUT2D eigenvalue weighted by atomic mass is 16.5. The van der Waals surface area contributed by atoms with Crippen molar-refractivity contribution in [3.63, 3.8) is 0 Å². The van der Waals surface area contributed by atoms with Crippen LogP contribution in [0, 0.1) is 5.92 Å². The molecule has 0 atom stereocenters. The Morgan fingerprint density at radius 3 is 2.74 bits per heavy atom. The van der Waals surface area contributed by atoms with Crippen molar-refractivity contribution in [1.29, 1.82) is 0 Å². The Labute approximate surface area is 118 Å². The van der Waals surface area contributed by atoms with E-state index in [2.05, 4.69) is 49.3 Å². The number of benzene rings is 1. The molecule has 0 aromatic heterocycles. The minimum atomic E-state index is 0.724. The van der Waals surface area contributed by atoms with Crippen LogP contribution in [0.2, 0.25) is 0 Å². The van der Waals surface area contributed by atoms with Crippen molar-refractivity contribution >= 4 is 0 Å². The fourth-order valence-electron chi connectivity index (χ4n) is 1.92. The zero-order chi connectivity index (χ0) is 14.1. The number of rotatable bonds is 9. The van der Waals surface area contributed by atoms with Gasteiger partial charge in [0.25, 0.3) is 0 Å². The average Bonchev–Trinajstić information content (AvgIpc) is 2.41. The first-order chi connectivity index (χ1) is 9.11. The van der Waals surface area contributed by atoms with E-state index in [4.69, 9.17) is 4.74 Å². The third kappa shape index (κ3) is 7.19. The van der Waals surface area contributed by atoms with E-state index in [1.165, 1.54) is 5.56 Å².